The monoisotopic (exact) mass is 150 g/mol. The molecule has 1 nitrogen and oxygen atoms in total. The van der Waals surface area contributed by atoms with Crippen LogP contribution in [0.5, 0.6) is 0 Å². The second-order valence-corrected chi connectivity index (χ2v) is 2.92. The predicted octanol–water partition coefficient (Wildman–Crippen LogP) is 2.07. The van der Waals surface area contributed by atoms with Gasteiger partial charge in [0.15, 0.2) is 0 Å². The van der Waals surface area contributed by atoms with Gasteiger partial charge < -0.3 is 4.74 Å². The highest BCUT2D eigenvalue weighted by Crippen LogP contribution is 2.38. The van der Waals surface area contributed by atoms with E-state index in [0.717, 1.165) is 0 Å². The maximum atomic E-state index is 12.5. The lowest BCUT2D eigenvalue weighted by Crippen LogP contribution is -2.11. The molecule has 1 fully saturated rings. The van der Waals surface area contributed by atoms with Gasteiger partial charge in [-0.2, -0.15) is 0 Å². The van der Waals surface area contributed by atoms with E-state index in [9.17, 15) is 8.78 Å². The number of hydrogen-bond donors (Lipinski definition) is 0. The predicted molar refractivity (Wildman–Crippen MR) is 34.2 cm³/mol. The Bertz CT molecular complexity index is 114. The summed E-state index contributed by atoms with van der Waals surface area (Å²) in [7, 11) is 1.55. The summed E-state index contributed by atoms with van der Waals surface area (Å²) in [5.74, 6) is -2.33. The fourth-order valence-corrected chi connectivity index (χ4v) is 1.42. The zero-order valence-corrected chi connectivity index (χ0v) is 6.07. The normalized spacial score (nSPS) is 30.9. The van der Waals surface area contributed by atoms with E-state index in [0.29, 0.717) is 13.0 Å². The lowest BCUT2D eigenvalue weighted by atomic mass is 10.1. The Morgan fingerprint density at radius 3 is 2.70 bits per heavy atom. The van der Waals surface area contributed by atoms with Crippen LogP contribution >= 0.6 is 0 Å². The lowest BCUT2D eigenvalue weighted by molar-refractivity contribution is 0.000827. The molecule has 0 aromatic carbocycles. The van der Waals surface area contributed by atoms with Gasteiger partial charge in [-0.05, 0) is 12.3 Å². The molecule has 0 amide bonds. The van der Waals surface area contributed by atoms with E-state index in [4.69, 9.17) is 4.74 Å². The van der Waals surface area contributed by atoms with Crippen LogP contribution in [-0.2, 0) is 4.74 Å². The molecule has 0 aliphatic heterocycles. The quantitative estimate of drug-likeness (QED) is 0.585. The number of hydrogen-bond acceptors (Lipinski definition) is 1. The van der Waals surface area contributed by atoms with E-state index in [1.165, 1.54) is 0 Å². The highest BCUT2D eigenvalue weighted by molar-refractivity contribution is 4.80. The van der Waals surface area contributed by atoms with Gasteiger partial charge in [0.05, 0.1) is 0 Å². The van der Waals surface area contributed by atoms with Gasteiger partial charge in [-0.15, -0.1) is 0 Å². The Morgan fingerprint density at radius 1 is 1.60 bits per heavy atom. The summed E-state index contributed by atoms with van der Waals surface area (Å²) in [6.07, 6.45) is 0.669. The summed E-state index contributed by atoms with van der Waals surface area (Å²) in [5, 5.41) is 0. The van der Waals surface area contributed by atoms with Crippen molar-refractivity contribution < 1.29 is 13.5 Å². The van der Waals surface area contributed by atoms with Crippen molar-refractivity contribution in [2.45, 2.75) is 25.2 Å². The summed E-state index contributed by atoms with van der Waals surface area (Å²) in [6.45, 7) is 0.482. The fourth-order valence-electron chi connectivity index (χ4n) is 1.42. The Kier molecular flexibility index (Phi) is 2.24. The smallest absolute Gasteiger partial charge is 0.248 e. The summed E-state index contributed by atoms with van der Waals surface area (Å²) >= 11 is 0. The molecule has 3 heteroatoms. The van der Waals surface area contributed by atoms with Crippen LogP contribution in [0.25, 0.3) is 0 Å². The third kappa shape index (κ3) is 1.90. The minimum Gasteiger partial charge on any atom is -0.384 e. The molecule has 1 atom stereocenters. The van der Waals surface area contributed by atoms with Crippen molar-refractivity contribution >= 4 is 0 Å². The van der Waals surface area contributed by atoms with Crippen LogP contribution in [0.15, 0.2) is 0 Å². The molecule has 1 saturated carbocycles. The van der Waals surface area contributed by atoms with Crippen molar-refractivity contribution in [3.05, 3.63) is 0 Å². The second-order valence-electron chi connectivity index (χ2n) is 2.92. The molecule has 0 radical (unpaired) electrons. The minimum atomic E-state index is -2.41. The molecule has 1 unspecified atom stereocenters. The first-order valence-electron chi connectivity index (χ1n) is 3.51. The van der Waals surface area contributed by atoms with E-state index >= 15 is 0 Å². The molecule has 0 heterocycles. The summed E-state index contributed by atoms with van der Waals surface area (Å²) in [4.78, 5) is 0. The Hall–Kier alpha value is -0.180. The Morgan fingerprint density at radius 2 is 2.30 bits per heavy atom. The van der Waals surface area contributed by atoms with Gasteiger partial charge >= 0.3 is 0 Å². The first-order chi connectivity index (χ1) is 4.64. The molecule has 0 saturated heterocycles. The molecule has 0 bridgehead atoms. The number of ether oxygens (including phenoxy) is 1. The Labute approximate surface area is 59.4 Å². The maximum absolute atomic E-state index is 12.5. The fraction of sp³-hybridized carbons (Fsp3) is 1.00. The van der Waals surface area contributed by atoms with Crippen LogP contribution in [0.4, 0.5) is 8.78 Å². The largest absolute Gasteiger partial charge is 0.384 e. The second kappa shape index (κ2) is 2.82. The SMILES string of the molecule is COCC1CCC(F)(F)C1. The summed E-state index contributed by atoms with van der Waals surface area (Å²) in [6, 6.07) is 0. The highest BCUT2D eigenvalue weighted by Gasteiger charge is 2.38. The summed E-state index contributed by atoms with van der Waals surface area (Å²) < 4.78 is 29.7. The molecule has 0 spiro atoms. The standard InChI is InChI=1S/C7H12F2O/c1-10-5-6-2-3-7(8,9)4-6/h6H,2-5H2,1H3. The zero-order valence-electron chi connectivity index (χ0n) is 6.07. The number of halogens is 2. The van der Waals surface area contributed by atoms with E-state index in [-0.39, 0.29) is 18.8 Å². The van der Waals surface area contributed by atoms with Crippen molar-refractivity contribution in [3.63, 3.8) is 0 Å². The number of rotatable bonds is 2. The van der Waals surface area contributed by atoms with Gasteiger partial charge in [0.1, 0.15) is 0 Å². The number of methoxy groups -OCH3 is 1. The lowest BCUT2D eigenvalue weighted by Gasteiger charge is -2.08. The molecule has 10 heavy (non-hydrogen) atoms. The van der Waals surface area contributed by atoms with Gasteiger partial charge in [0, 0.05) is 26.6 Å². The van der Waals surface area contributed by atoms with Gasteiger partial charge in [0.2, 0.25) is 5.92 Å². The van der Waals surface area contributed by atoms with Crippen molar-refractivity contribution in [2.24, 2.45) is 5.92 Å². The van der Waals surface area contributed by atoms with Crippen LogP contribution in [-0.4, -0.2) is 19.6 Å². The topological polar surface area (TPSA) is 9.23 Å². The average Bonchev–Trinajstić information content (AvgIpc) is 2.12. The van der Waals surface area contributed by atoms with E-state index < -0.39 is 5.92 Å². The molecule has 0 aromatic heterocycles. The van der Waals surface area contributed by atoms with Crippen LogP contribution in [0.2, 0.25) is 0 Å². The van der Waals surface area contributed by atoms with Gasteiger partial charge in [0.25, 0.3) is 0 Å². The van der Waals surface area contributed by atoms with Gasteiger partial charge in [-0.1, -0.05) is 0 Å². The van der Waals surface area contributed by atoms with Crippen molar-refractivity contribution in [3.8, 4) is 0 Å². The molecule has 1 aliphatic rings. The van der Waals surface area contributed by atoms with E-state index in [2.05, 4.69) is 0 Å². The summed E-state index contributed by atoms with van der Waals surface area (Å²) in [5.41, 5.74) is 0. The minimum absolute atomic E-state index is 0.0147. The third-order valence-corrected chi connectivity index (χ3v) is 1.91. The first-order valence-corrected chi connectivity index (χ1v) is 3.51. The third-order valence-electron chi connectivity index (χ3n) is 1.91. The molecular formula is C7H12F2O. The van der Waals surface area contributed by atoms with E-state index in [1.807, 2.05) is 0 Å². The molecule has 1 rings (SSSR count). The number of alkyl halides is 2. The maximum Gasteiger partial charge on any atom is 0.248 e. The van der Waals surface area contributed by atoms with Crippen LogP contribution in [0.1, 0.15) is 19.3 Å². The molecule has 60 valence electrons. The zero-order chi connectivity index (χ0) is 7.61. The molecule has 0 aromatic rings. The Balaban J connectivity index is 2.29. The van der Waals surface area contributed by atoms with E-state index in [1.54, 1.807) is 7.11 Å². The van der Waals surface area contributed by atoms with Gasteiger partial charge in [-0.25, -0.2) is 8.78 Å². The van der Waals surface area contributed by atoms with Crippen molar-refractivity contribution in [2.75, 3.05) is 13.7 Å². The highest BCUT2D eigenvalue weighted by atomic mass is 19.3. The molecular weight excluding hydrogens is 138 g/mol. The van der Waals surface area contributed by atoms with Crippen LogP contribution in [0, 0.1) is 5.92 Å². The van der Waals surface area contributed by atoms with Crippen molar-refractivity contribution in [1.29, 1.82) is 0 Å². The molecule has 1 aliphatic carbocycles. The average molecular weight is 150 g/mol. The first kappa shape index (κ1) is 7.92. The van der Waals surface area contributed by atoms with Crippen molar-refractivity contribution in [1.82, 2.24) is 0 Å². The van der Waals surface area contributed by atoms with Crippen LogP contribution < -0.4 is 0 Å². The molecule has 0 N–H and O–H groups in total. The van der Waals surface area contributed by atoms with Crippen LogP contribution in [0.3, 0.4) is 0 Å². The van der Waals surface area contributed by atoms with Gasteiger partial charge in [-0.3, -0.25) is 0 Å².